The third-order valence-corrected chi connectivity index (χ3v) is 6.03. The fraction of sp³-hybridized carbons (Fsp3) is 0.409. The molecule has 144 valence electrons. The van der Waals surface area contributed by atoms with E-state index >= 15 is 0 Å². The van der Waals surface area contributed by atoms with Crippen molar-refractivity contribution in [1.29, 1.82) is 0 Å². The number of carbonyl (C=O) groups excluding carboxylic acids is 1. The van der Waals surface area contributed by atoms with Crippen LogP contribution in [-0.4, -0.2) is 38.7 Å². The van der Waals surface area contributed by atoms with Crippen molar-refractivity contribution in [3.63, 3.8) is 0 Å². The molecule has 1 aliphatic carbocycles. The summed E-state index contributed by atoms with van der Waals surface area (Å²) in [5, 5.41) is 5.71. The van der Waals surface area contributed by atoms with Crippen molar-refractivity contribution >= 4 is 16.8 Å². The average Bonchev–Trinajstić information content (AvgIpc) is 3.07. The van der Waals surface area contributed by atoms with Crippen molar-refractivity contribution in [3.05, 3.63) is 63.7 Å². The van der Waals surface area contributed by atoms with Gasteiger partial charge in [0, 0.05) is 42.2 Å². The van der Waals surface area contributed by atoms with Gasteiger partial charge in [-0.15, -0.1) is 0 Å². The summed E-state index contributed by atoms with van der Waals surface area (Å²) in [6.45, 7) is 2.00. The highest BCUT2D eigenvalue weighted by atomic mass is 16.2. The Balaban J connectivity index is 1.21. The number of hydrogen-bond donors (Lipinski definition) is 1. The maximum absolute atomic E-state index is 12.6. The molecular formula is C22H24N4O2. The number of likely N-dealkylation sites (tertiary alicyclic amines) is 1. The summed E-state index contributed by atoms with van der Waals surface area (Å²) < 4.78 is 1.61. The molecule has 1 aliphatic heterocycles. The zero-order valence-corrected chi connectivity index (χ0v) is 15.9. The van der Waals surface area contributed by atoms with Gasteiger partial charge in [0.15, 0.2) is 0 Å². The van der Waals surface area contributed by atoms with Gasteiger partial charge in [-0.1, -0.05) is 18.2 Å². The van der Waals surface area contributed by atoms with Crippen LogP contribution in [0.25, 0.3) is 10.9 Å². The molecule has 2 aromatic heterocycles. The van der Waals surface area contributed by atoms with Gasteiger partial charge in [0.25, 0.3) is 5.56 Å². The van der Waals surface area contributed by atoms with E-state index < -0.39 is 0 Å². The van der Waals surface area contributed by atoms with Gasteiger partial charge in [0.2, 0.25) is 5.91 Å². The number of benzene rings is 1. The number of amides is 1. The molecule has 1 N–H and O–H groups in total. The molecule has 1 saturated heterocycles. The lowest BCUT2D eigenvalue weighted by atomic mass is 9.96. The van der Waals surface area contributed by atoms with E-state index in [4.69, 9.17) is 0 Å². The van der Waals surface area contributed by atoms with Crippen LogP contribution < -0.4 is 5.56 Å². The highest BCUT2D eigenvalue weighted by molar-refractivity contribution is 5.89. The summed E-state index contributed by atoms with van der Waals surface area (Å²) in [7, 11) is 0. The molecule has 1 fully saturated rings. The number of aryl methyl sites for hydroxylation is 2. The van der Waals surface area contributed by atoms with Crippen molar-refractivity contribution in [2.24, 2.45) is 5.92 Å². The molecule has 1 amide bonds. The number of para-hydroxylation sites is 1. The monoisotopic (exact) mass is 376 g/mol. The van der Waals surface area contributed by atoms with E-state index in [0.29, 0.717) is 32.0 Å². The molecule has 1 aromatic carbocycles. The first-order chi connectivity index (χ1) is 13.7. The van der Waals surface area contributed by atoms with Gasteiger partial charge < -0.3 is 9.88 Å². The van der Waals surface area contributed by atoms with Crippen LogP contribution in [0.4, 0.5) is 0 Å². The van der Waals surface area contributed by atoms with E-state index in [1.54, 1.807) is 10.7 Å². The van der Waals surface area contributed by atoms with Crippen LogP contribution in [-0.2, 0) is 30.6 Å². The fourth-order valence-corrected chi connectivity index (χ4v) is 4.42. The predicted molar refractivity (Wildman–Crippen MR) is 107 cm³/mol. The summed E-state index contributed by atoms with van der Waals surface area (Å²) in [4.78, 5) is 30.1. The van der Waals surface area contributed by atoms with Crippen LogP contribution >= 0.6 is 0 Å². The topological polar surface area (TPSA) is 71.0 Å². The third-order valence-electron chi connectivity index (χ3n) is 6.03. The molecule has 0 saturated carbocycles. The van der Waals surface area contributed by atoms with E-state index in [9.17, 15) is 9.59 Å². The fourth-order valence-electron chi connectivity index (χ4n) is 4.42. The molecule has 5 rings (SSSR count). The molecule has 6 nitrogen and oxygen atoms in total. The lowest BCUT2D eigenvalue weighted by Gasteiger charge is -2.39. The molecule has 6 heteroatoms. The van der Waals surface area contributed by atoms with E-state index in [2.05, 4.69) is 10.1 Å². The minimum Gasteiger partial charge on any atom is -0.361 e. The van der Waals surface area contributed by atoms with E-state index in [1.165, 1.54) is 0 Å². The number of fused-ring (bicyclic) bond motifs is 2. The van der Waals surface area contributed by atoms with Crippen LogP contribution in [0.2, 0.25) is 0 Å². The number of hydrogen-bond acceptors (Lipinski definition) is 3. The molecule has 28 heavy (non-hydrogen) atoms. The predicted octanol–water partition coefficient (Wildman–Crippen LogP) is 2.30. The standard InChI is InChI=1S/C22H24N4O2/c27-21(10-17-11-23-20-8-4-2-6-18(17)20)25-12-15(13-25)14-26-22(28)9-16-5-1-3-7-19(16)24-26/h2,4,6,8-9,11,15,23H,1,3,5,7,10,12-14H2. The van der Waals surface area contributed by atoms with E-state index in [-0.39, 0.29) is 11.5 Å². The Morgan fingerprint density at radius 3 is 2.89 bits per heavy atom. The maximum Gasteiger partial charge on any atom is 0.267 e. The minimum atomic E-state index is -0.00998. The van der Waals surface area contributed by atoms with Crippen molar-refractivity contribution < 1.29 is 4.79 Å². The van der Waals surface area contributed by atoms with Gasteiger partial charge in [0.05, 0.1) is 18.7 Å². The SMILES string of the molecule is O=C(Cc1c[nH]c2ccccc12)N1CC(Cn2nc3c(cc2=O)CCCC3)C1. The molecule has 0 bridgehead atoms. The number of nitrogens with zero attached hydrogens (tertiary/aromatic N) is 3. The van der Waals surface area contributed by atoms with Crippen molar-refractivity contribution in [2.75, 3.05) is 13.1 Å². The Kier molecular flexibility index (Phi) is 4.26. The first-order valence-corrected chi connectivity index (χ1v) is 10.1. The van der Waals surface area contributed by atoms with Crippen LogP contribution in [0.5, 0.6) is 0 Å². The second kappa shape index (κ2) is 6.93. The summed E-state index contributed by atoms with van der Waals surface area (Å²) in [5.41, 5.74) is 4.29. The number of aromatic amines is 1. The molecule has 2 aliphatic rings. The lowest BCUT2D eigenvalue weighted by Crippen LogP contribution is -2.52. The largest absolute Gasteiger partial charge is 0.361 e. The van der Waals surface area contributed by atoms with Gasteiger partial charge in [-0.05, 0) is 42.9 Å². The quantitative estimate of drug-likeness (QED) is 0.760. The molecule has 0 radical (unpaired) electrons. The summed E-state index contributed by atoms with van der Waals surface area (Å²) in [6.07, 6.45) is 6.57. The molecular weight excluding hydrogens is 352 g/mol. The number of H-pyrrole nitrogens is 1. The highest BCUT2D eigenvalue weighted by Gasteiger charge is 2.31. The number of carbonyl (C=O) groups is 1. The lowest BCUT2D eigenvalue weighted by molar-refractivity contribution is -0.137. The zero-order valence-electron chi connectivity index (χ0n) is 15.9. The first-order valence-electron chi connectivity index (χ1n) is 10.1. The van der Waals surface area contributed by atoms with Crippen LogP contribution in [0.1, 0.15) is 29.7 Å². The van der Waals surface area contributed by atoms with Crippen molar-refractivity contribution in [2.45, 2.75) is 38.6 Å². The Morgan fingerprint density at radius 1 is 1.18 bits per heavy atom. The second-order valence-electron chi connectivity index (χ2n) is 8.04. The molecule has 0 unspecified atom stereocenters. The second-order valence-corrected chi connectivity index (χ2v) is 8.04. The average molecular weight is 376 g/mol. The minimum absolute atomic E-state index is 0.00998. The zero-order chi connectivity index (χ0) is 19.1. The number of nitrogens with one attached hydrogen (secondary N) is 1. The molecule has 3 heterocycles. The van der Waals surface area contributed by atoms with Crippen molar-refractivity contribution in [1.82, 2.24) is 19.7 Å². The summed E-state index contributed by atoms with van der Waals surface area (Å²) in [6, 6.07) is 9.81. The highest BCUT2D eigenvalue weighted by Crippen LogP contribution is 2.23. The number of aromatic nitrogens is 3. The van der Waals surface area contributed by atoms with Gasteiger partial charge in [-0.3, -0.25) is 9.59 Å². The van der Waals surface area contributed by atoms with Gasteiger partial charge in [-0.25, -0.2) is 4.68 Å². The molecule has 0 atom stereocenters. The van der Waals surface area contributed by atoms with Gasteiger partial charge in [-0.2, -0.15) is 5.10 Å². The van der Waals surface area contributed by atoms with E-state index in [1.807, 2.05) is 35.4 Å². The normalized spacial score (nSPS) is 16.8. The Bertz CT molecular complexity index is 1090. The summed E-state index contributed by atoms with van der Waals surface area (Å²) in [5.74, 6) is 0.450. The Hall–Kier alpha value is -2.89. The smallest absolute Gasteiger partial charge is 0.267 e. The van der Waals surface area contributed by atoms with Crippen LogP contribution in [0.3, 0.4) is 0 Å². The molecule has 0 spiro atoms. The van der Waals surface area contributed by atoms with E-state index in [0.717, 1.165) is 53.4 Å². The maximum atomic E-state index is 12.6. The third kappa shape index (κ3) is 3.13. The van der Waals surface area contributed by atoms with Crippen molar-refractivity contribution in [3.8, 4) is 0 Å². The van der Waals surface area contributed by atoms with Crippen LogP contribution in [0.15, 0.2) is 41.3 Å². The van der Waals surface area contributed by atoms with Gasteiger partial charge >= 0.3 is 0 Å². The van der Waals surface area contributed by atoms with Gasteiger partial charge in [0.1, 0.15) is 0 Å². The first kappa shape index (κ1) is 17.2. The Morgan fingerprint density at radius 2 is 2.00 bits per heavy atom. The number of rotatable bonds is 4. The van der Waals surface area contributed by atoms with Crippen LogP contribution in [0, 0.1) is 5.92 Å². The molecule has 3 aromatic rings. The summed E-state index contributed by atoms with van der Waals surface area (Å²) >= 11 is 0. The Labute approximate surface area is 163 Å².